The maximum Gasteiger partial charge on any atom is 0.193 e. The summed E-state index contributed by atoms with van der Waals surface area (Å²) in [5.74, 6) is -0.323. The molecule has 82 heavy (non-hydrogen) atoms. The van der Waals surface area contributed by atoms with Gasteiger partial charge in [-0.05, 0) is 52.8 Å². The summed E-state index contributed by atoms with van der Waals surface area (Å²) in [6.07, 6.45) is 1.23. The van der Waals surface area contributed by atoms with Gasteiger partial charge < -0.3 is 21.4 Å². The molecule has 4 radical (unpaired) electrons. The molecule has 0 aliphatic rings. The molecule has 0 saturated carbocycles. The number of sulfone groups is 1. The molecule has 8 rings (SSSR count). The number of non-ortho nitro benzene ring substituents is 1. The first-order valence-corrected chi connectivity index (χ1v) is 29.4. The zero-order valence-electron chi connectivity index (χ0n) is 46.4. The van der Waals surface area contributed by atoms with E-state index in [1.807, 2.05) is 69.6 Å². The number of alkyl halides is 1. The standard InChI is InChI=1S/C20H17ClNO3S2.C11H9N2O2S.C11H11N2S.C9H7BrNO3.C2H5NS.C2H6O.4Y/c1-12-8-14(4-6-16(12)19-11-26-13(2)22-19)9-20(23)17-7-5-15(10-18(17)21)27(3,24)25;1-7-5-9(13(14)15)3-4-10(7)11-6-16-8(2)12-11;1-7-5-9(12)3-4-10(7)11-6-14-8(2)13-11;1-6-4-7(9(12)5-10)2-3-8(6)11(13)14;1-2(3)4;1-2-3;;;;/h4-7,10-11H,9H2,1-3H3;3-4,6H,1-2H3;3-4,6H,12H2,1-2H3;2-3H,5H2,1H3;1H3,(H2,3,4);3H,2H2,1H3;;;;/q4*-1;;;;;;. The topological polar surface area (TPSA) is 266 Å². The van der Waals surface area contributed by atoms with Crippen molar-refractivity contribution < 1.29 is 164 Å². The van der Waals surface area contributed by atoms with Crippen LogP contribution in [0.15, 0.2) is 87.8 Å². The molecule has 0 aliphatic heterocycles. The van der Waals surface area contributed by atoms with E-state index in [0.717, 1.165) is 77.3 Å². The number of ketones is 2. The number of rotatable bonds is 11. The van der Waals surface area contributed by atoms with Crippen LogP contribution in [0.4, 0.5) is 17.1 Å². The number of nitrogens with two attached hydrogens (primary N) is 2. The van der Waals surface area contributed by atoms with E-state index in [2.05, 4.69) is 72.7 Å². The maximum absolute atomic E-state index is 12.6. The molecule has 0 aliphatic carbocycles. The van der Waals surface area contributed by atoms with Gasteiger partial charge in [-0.25, -0.2) is 8.42 Å². The first-order valence-electron chi connectivity index (χ1n) is 23.0. The number of nitro benzene ring substituents is 2. The van der Waals surface area contributed by atoms with Crippen molar-refractivity contribution >= 4 is 117 Å². The Morgan fingerprint density at radius 1 is 0.695 bits per heavy atom. The molecule has 27 heteroatoms. The average Bonchev–Trinajstić information content (AvgIpc) is 4.12. The Labute approximate surface area is 610 Å². The van der Waals surface area contributed by atoms with E-state index >= 15 is 0 Å². The van der Waals surface area contributed by atoms with Crippen LogP contribution in [-0.4, -0.2) is 73.1 Å². The van der Waals surface area contributed by atoms with Crippen molar-refractivity contribution in [1.29, 1.82) is 0 Å². The van der Waals surface area contributed by atoms with Gasteiger partial charge in [0.15, 0.2) is 27.0 Å². The van der Waals surface area contributed by atoms with Gasteiger partial charge in [0.1, 0.15) is 0 Å². The summed E-state index contributed by atoms with van der Waals surface area (Å²) in [5, 5.41) is 38.0. The summed E-state index contributed by atoms with van der Waals surface area (Å²) in [6, 6.07) is 29.5. The zero-order valence-corrected chi connectivity index (χ0v) is 64.2. The van der Waals surface area contributed by atoms with Gasteiger partial charge in [-0.15, -0.1) is 80.0 Å². The number of thiazole rings is 3. The number of aromatic nitrogens is 3. The summed E-state index contributed by atoms with van der Waals surface area (Å²) in [6.45, 7) is 16.8. The van der Waals surface area contributed by atoms with Crippen LogP contribution in [0, 0.1) is 93.0 Å². The number of nitrogens with zero attached hydrogens (tertiary/aromatic N) is 5. The molecule has 5 aromatic carbocycles. The minimum absolute atomic E-state index is 0. The molecular formula is C55H55BrClN7O9S5Y4-4. The number of aliphatic hydroxyl groups excluding tert-OH is 1. The Morgan fingerprint density at radius 2 is 1.13 bits per heavy atom. The molecule has 0 atom stereocenters. The minimum atomic E-state index is -3.37. The number of aliphatic hydroxyl groups is 1. The Kier molecular flexibility index (Phi) is 40.4. The van der Waals surface area contributed by atoms with Crippen LogP contribution in [0.1, 0.15) is 77.4 Å². The summed E-state index contributed by atoms with van der Waals surface area (Å²) in [5.41, 5.74) is 21.4. The number of Topliss-reactive ketones (excluding diaryl/α,β-unsaturated/α-hetero) is 2. The van der Waals surface area contributed by atoms with E-state index in [9.17, 15) is 38.2 Å². The van der Waals surface area contributed by atoms with Gasteiger partial charge in [-0.3, -0.25) is 40.0 Å². The van der Waals surface area contributed by atoms with Crippen LogP contribution in [0.25, 0.3) is 33.8 Å². The predicted molar refractivity (Wildman–Crippen MR) is 321 cm³/mol. The van der Waals surface area contributed by atoms with Crippen molar-refractivity contribution in [3.63, 3.8) is 0 Å². The molecule has 0 bridgehead atoms. The first kappa shape index (κ1) is 82.0. The van der Waals surface area contributed by atoms with Crippen molar-refractivity contribution in [3.05, 3.63) is 186 Å². The molecule has 8 aromatic rings. The molecule has 0 spiro atoms. The Balaban J connectivity index is 0. The van der Waals surface area contributed by atoms with Crippen LogP contribution in [-0.2, 0) is 147 Å². The number of anilines is 1. The third-order valence-electron chi connectivity index (χ3n) is 10.1. The van der Waals surface area contributed by atoms with Gasteiger partial charge in [0.05, 0.1) is 35.7 Å². The summed E-state index contributed by atoms with van der Waals surface area (Å²) in [7, 11) is -3.37. The first-order chi connectivity index (χ1) is 36.6. The number of hydrogen-bond acceptors (Lipinski definition) is 17. The van der Waals surface area contributed by atoms with Gasteiger partial charge >= 0.3 is 0 Å². The second-order valence-corrected chi connectivity index (χ2v) is 23.3. The predicted octanol–water partition coefficient (Wildman–Crippen LogP) is 13.2. The van der Waals surface area contributed by atoms with Gasteiger partial charge in [0, 0.05) is 204 Å². The van der Waals surface area contributed by atoms with Crippen molar-refractivity contribution in [2.75, 3.05) is 23.9 Å². The van der Waals surface area contributed by atoms with Crippen LogP contribution in [0.5, 0.6) is 0 Å². The monoisotopic (exact) mass is 1590 g/mol. The number of aryl methyl sites for hydroxylation is 7. The van der Waals surface area contributed by atoms with Crippen LogP contribution < -0.4 is 11.5 Å². The second kappa shape index (κ2) is 40.4. The Bertz CT molecular complexity index is 3550. The van der Waals surface area contributed by atoms with Crippen molar-refractivity contribution in [3.8, 4) is 33.8 Å². The zero-order chi connectivity index (χ0) is 58.6. The molecule has 3 aromatic heterocycles. The number of carbonyl (C=O) groups is 2. The van der Waals surface area contributed by atoms with E-state index in [1.54, 1.807) is 67.8 Å². The van der Waals surface area contributed by atoms with Gasteiger partial charge in [0.25, 0.3) is 0 Å². The van der Waals surface area contributed by atoms with Crippen molar-refractivity contribution in [1.82, 2.24) is 15.0 Å². The number of nitrogen functional groups attached to an aromatic ring is 1. The van der Waals surface area contributed by atoms with E-state index < -0.39 is 19.7 Å². The number of benzene rings is 5. The molecule has 0 unspecified atom stereocenters. The fourth-order valence-electron chi connectivity index (χ4n) is 6.62. The number of carbonyl (C=O) groups excluding carboxylic acids is 2. The van der Waals surface area contributed by atoms with Gasteiger partial charge in [-0.2, -0.15) is 53.1 Å². The van der Waals surface area contributed by atoms with Crippen LogP contribution in [0.3, 0.4) is 0 Å². The molecule has 424 valence electrons. The van der Waals surface area contributed by atoms with E-state index in [0.29, 0.717) is 27.4 Å². The molecule has 0 saturated heterocycles. The molecule has 5 N–H and O–H groups in total. The largest absolute Gasteiger partial charge is 0.420 e. The fraction of sp³-hybridized carbons (Fsp3) is 0.236. The molecule has 0 amide bonds. The normalized spacial score (nSPS) is 9.82. The van der Waals surface area contributed by atoms with E-state index in [4.69, 9.17) is 28.2 Å². The average molecular weight is 1590 g/mol. The number of nitro groups is 2. The van der Waals surface area contributed by atoms with E-state index in [-0.39, 0.29) is 182 Å². The number of hydrogen-bond donors (Lipinski definition) is 3. The molecule has 0 fully saturated rings. The fourth-order valence-corrected chi connectivity index (χ4v) is 9.76. The molecule has 3 heterocycles. The van der Waals surface area contributed by atoms with E-state index in [1.165, 1.54) is 36.4 Å². The number of thiocarbonyl (C=S) groups is 1. The SMILES string of the molecule is CC(N)=S.CCO.Cc1[c-]c(C(=O)CBr)ccc1[N+](=O)[O-].Cc1nc(-c2ccc(CC(=O)c3ccc(S(C)(=O)=O)cc3Cl)[c-]c2C)cs1.Cc1nc(-c2ccc(N)[c-]c2C)cs1.Cc1nc(-c2ccc([N+](=O)[O-])[c-]c2C)cs1.[Y].[Y].[Y].[Y]. The third-order valence-corrected chi connectivity index (χ3v) is 14.4. The molecular weight excluding hydrogens is 1530 g/mol. The van der Waals surface area contributed by atoms with Crippen LogP contribution >= 0.6 is 73.8 Å². The quantitative estimate of drug-likeness (QED) is 0.0207. The van der Waals surface area contributed by atoms with Gasteiger partial charge in [0.2, 0.25) is 0 Å². The third kappa shape index (κ3) is 27.3. The second-order valence-electron chi connectivity index (χ2n) is 16.5. The summed E-state index contributed by atoms with van der Waals surface area (Å²) >= 11 is 18.3. The minimum Gasteiger partial charge on any atom is -0.420 e. The maximum atomic E-state index is 12.6. The van der Waals surface area contributed by atoms with Crippen molar-refractivity contribution in [2.24, 2.45) is 5.73 Å². The number of halogens is 2. The Morgan fingerprint density at radius 3 is 1.49 bits per heavy atom. The van der Waals surface area contributed by atoms with Gasteiger partial charge in [-0.1, -0.05) is 96.9 Å². The van der Waals surface area contributed by atoms with Crippen molar-refractivity contribution in [2.45, 2.75) is 73.6 Å². The molecule has 16 nitrogen and oxygen atoms in total. The summed E-state index contributed by atoms with van der Waals surface area (Å²) < 4.78 is 23.2. The smallest absolute Gasteiger partial charge is 0.193 e. The van der Waals surface area contributed by atoms with Crippen LogP contribution in [0.2, 0.25) is 5.02 Å². The summed E-state index contributed by atoms with van der Waals surface area (Å²) in [4.78, 5) is 57.7. The Hall–Kier alpha value is -2.08.